The molecular weight excluding hydrogens is 343 g/mol. The number of aryl methyl sites for hydroxylation is 2. The van der Waals surface area contributed by atoms with Crippen LogP contribution in [-0.4, -0.2) is 48.0 Å². The lowest BCUT2D eigenvalue weighted by molar-refractivity contribution is -0.121. The molecule has 0 aliphatic carbocycles. The number of carbonyl (C=O) groups is 1. The lowest BCUT2D eigenvalue weighted by atomic mass is 10.0. The molecule has 0 spiro atoms. The third-order valence-electron chi connectivity index (χ3n) is 4.05. The quantitative estimate of drug-likeness (QED) is 0.857. The van der Waals surface area contributed by atoms with Crippen LogP contribution in [0.25, 0.3) is 0 Å². The number of aromatic nitrogens is 1. The molecule has 5 nitrogen and oxygen atoms in total. The first-order chi connectivity index (χ1) is 9.51. The summed E-state index contributed by atoms with van der Waals surface area (Å²) in [7, 11) is 1.99. The molecule has 0 bridgehead atoms. The van der Waals surface area contributed by atoms with E-state index in [9.17, 15) is 4.79 Å². The van der Waals surface area contributed by atoms with Crippen molar-refractivity contribution in [2.24, 2.45) is 0 Å². The van der Waals surface area contributed by atoms with Gasteiger partial charge in [0.05, 0.1) is 11.7 Å². The van der Waals surface area contributed by atoms with Gasteiger partial charge in [0.1, 0.15) is 0 Å². The minimum absolute atomic E-state index is 0. The van der Waals surface area contributed by atoms with Gasteiger partial charge >= 0.3 is 0 Å². The molecule has 1 aromatic heterocycles. The number of thiazole rings is 1. The first kappa shape index (κ1) is 21.6. The van der Waals surface area contributed by atoms with Crippen LogP contribution in [0.3, 0.4) is 0 Å². The second kappa shape index (κ2) is 9.67. The molecule has 0 saturated carbocycles. The Morgan fingerprint density at radius 2 is 2.09 bits per heavy atom. The van der Waals surface area contributed by atoms with Crippen LogP contribution in [0.2, 0.25) is 0 Å². The number of carbonyl (C=O) groups excluding carboxylic acids is 1. The van der Waals surface area contributed by atoms with Crippen LogP contribution in [0.5, 0.6) is 0 Å². The maximum atomic E-state index is 12.3. The van der Waals surface area contributed by atoms with Gasteiger partial charge in [0.25, 0.3) is 0 Å². The van der Waals surface area contributed by atoms with E-state index in [2.05, 4.69) is 20.5 Å². The summed E-state index contributed by atoms with van der Waals surface area (Å²) >= 11 is 1.54. The molecule has 1 aromatic rings. The Hall–Kier alpha value is -0.400. The van der Waals surface area contributed by atoms with Crippen molar-refractivity contribution in [3.8, 4) is 0 Å². The second-order valence-corrected chi connectivity index (χ2v) is 6.65. The minimum atomic E-state index is -0.115. The smallest absolute Gasteiger partial charge is 0.243 e. The Morgan fingerprint density at radius 1 is 1.41 bits per heavy atom. The summed E-state index contributed by atoms with van der Waals surface area (Å²) in [6.07, 6.45) is 2.32. The number of likely N-dealkylation sites (tertiary alicyclic amines) is 1. The number of hydrogen-bond acceptors (Lipinski definition) is 5. The zero-order valence-corrected chi connectivity index (χ0v) is 16.0. The summed E-state index contributed by atoms with van der Waals surface area (Å²) < 4.78 is 0. The highest BCUT2D eigenvalue weighted by atomic mass is 35.5. The van der Waals surface area contributed by atoms with Crippen LogP contribution in [-0.2, 0) is 4.79 Å². The molecule has 1 fully saturated rings. The molecule has 2 rings (SSSR count). The molecule has 22 heavy (non-hydrogen) atoms. The van der Waals surface area contributed by atoms with Crippen LogP contribution in [0, 0.1) is 13.8 Å². The summed E-state index contributed by atoms with van der Waals surface area (Å²) in [4.78, 5) is 20.1. The van der Waals surface area contributed by atoms with Gasteiger partial charge in [-0.3, -0.25) is 9.69 Å². The average Bonchev–Trinajstić information content (AvgIpc) is 2.76. The van der Waals surface area contributed by atoms with E-state index in [0.29, 0.717) is 11.2 Å². The standard InChI is InChI=1S/C14H24N4OS.2ClH/c1-9-11(3)20-14(16-9)17-13(19)10(2)18-7-5-6-12(8-18)15-4;;/h10,12,15H,5-8H2,1-4H3,(H,16,17,19);2*1H. The fourth-order valence-corrected chi connectivity index (χ4v) is 3.31. The zero-order valence-electron chi connectivity index (χ0n) is 13.5. The van der Waals surface area contributed by atoms with E-state index in [-0.39, 0.29) is 36.8 Å². The van der Waals surface area contributed by atoms with Gasteiger partial charge in [0, 0.05) is 17.5 Å². The van der Waals surface area contributed by atoms with Crippen LogP contribution in [0.15, 0.2) is 0 Å². The number of anilines is 1. The van der Waals surface area contributed by atoms with E-state index < -0.39 is 0 Å². The third kappa shape index (κ3) is 5.35. The number of nitrogens with zero attached hydrogens (tertiary/aromatic N) is 2. The summed E-state index contributed by atoms with van der Waals surface area (Å²) in [5.74, 6) is 0.0375. The molecule has 2 unspecified atom stereocenters. The van der Waals surface area contributed by atoms with E-state index in [1.54, 1.807) is 0 Å². The van der Waals surface area contributed by atoms with Crippen molar-refractivity contribution in [3.05, 3.63) is 10.6 Å². The molecule has 1 aliphatic rings. The largest absolute Gasteiger partial charge is 0.316 e. The predicted molar refractivity (Wildman–Crippen MR) is 97.8 cm³/mol. The molecule has 8 heteroatoms. The normalized spacial score (nSPS) is 19.7. The van der Waals surface area contributed by atoms with Crippen LogP contribution < -0.4 is 10.6 Å². The highest BCUT2D eigenvalue weighted by Crippen LogP contribution is 2.22. The van der Waals surface area contributed by atoms with E-state index >= 15 is 0 Å². The highest BCUT2D eigenvalue weighted by Gasteiger charge is 2.27. The Bertz CT molecular complexity index is 464. The molecule has 128 valence electrons. The molecule has 1 aliphatic heterocycles. The molecule has 0 aromatic carbocycles. The molecule has 1 saturated heterocycles. The van der Waals surface area contributed by atoms with E-state index in [1.165, 1.54) is 17.8 Å². The first-order valence-electron chi connectivity index (χ1n) is 7.17. The molecular formula is C14H26Cl2N4OS. The lowest BCUT2D eigenvalue weighted by Crippen LogP contribution is -2.51. The van der Waals surface area contributed by atoms with Gasteiger partial charge in [-0.1, -0.05) is 0 Å². The molecule has 2 N–H and O–H groups in total. The minimum Gasteiger partial charge on any atom is -0.316 e. The zero-order chi connectivity index (χ0) is 14.7. The predicted octanol–water partition coefficient (Wildman–Crippen LogP) is 2.61. The number of piperidine rings is 1. The van der Waals surface area contributed by atoms with Crippen molar-refractivity contribution < 1.29 is 4.79 Å². The average molecular weight is 369 g/mol. The summed E-state index contributed by atoms with van der Waals surface area (Å²) in [5, 5.41) is 6.95. The van der Waals surface area contributed by atoms with Crippen molar-refractivity contribution >= 4 is 47.2 Å². The van der Waals surface area contributed by atoms with Crippen LogP contribution in [0.1, 0.15) is 30.3 Å². The van der Waals surface area contributed by atoms with E-state index in [0.717, 1.165) is 30.1 Å². The van der Waals surface area contributed by atoms with Crippen LogP contribution in [0.4, 0.5) is 5.13 Å². The number of amides is 1. The number of nitrogens with one attached hydrogen (secondary N) is 2. The highest BCUT2D eigenvalue weighted by molar-refractivity contribution is 7.15. The SMILES string of the molecule is CNC1CCCN(C(C)C(=O)Nc2nc(C)c(C)s2)C1.Cl.Cl. The first-order valence-corrected chi connectivity index (χ1v) is 7.99. The fourth-order valence-electron chi connectivity index (χ4n) is 2.50. The Labute approximate surface area is 149 Å². The molecule has 0 radical (unpaired) electrons. The van der Waals surface area contributed by atoms with Gasteiger partial charge in [0.2, 0.25) is 5.91 Å². The number of rotatable bonds is 4. The summed E-state index contributed by atoms with van der Waals surface area (Å²) in [5.41, 5.74) is 0.992. The Balaban J connectivity index is 0.00000220. The van der Waals surface area contributed by atoms with E-state index in [1.807, 2.05) is 27.8 Å². The Morgan fingerprint density at radius 3 is 2.64 bits per heavy atom. The van der Waals surface area contributed by atoms with Gasteiger partial charge in [-0.25, -0.2) is 4.98 Å². The van der Waals surface area contributed by atoms with Gasteiger partial charge in [-0.05, 0) is 47.2 Å². The summed E-state index contributed by atoms with van der Waals surface area (Å²) in [6.45, 7) is 7.88. The number of likely N-dealkylation sites (N-methyl/N-ethyl adjacent to an activating group) is 1. The van der Waals surface area contributed by atoms with Gasteiger partial charge in [-0.2, -0.15) is 0 Å². The number of hydrogen-bond donors (Lipinski definition) is 2. The maximum Gasteiger partial charge on any atom is 0.243 e. The van der Waals surface area contributed by atoms with E-state index in [4.69, 9.17) is 0 Å². The van der Waals surface area contributed by atoms with Crippen molar-refractivity contribution in [2.45, 2.75) is 45.7 Å². The number of halogens is 2. The monoisotopic (exact) mass is 368 g/mol. The van der Waals surface area contributed by atoms with Gasteiger partial charge in [-0.15, -0.1) is 36.2 Å². The third-order valence-corrected chi connectivity index (χ3v) is 5.04. The second-order valence-electron chi connectivity index (χ2n) is 5.45. The van der Waals surface area contributed by atoms with Gasteiger partial charge in [0.15, 0.2) is 5.13 Å². The lowest BCUT2D eigenvalue weighted by Gasteiger charge is -2.35. The molecule has 2 heterocycles. The topological polar surface area (TPSA) is 57.3 Å². The van der Waals surface area contributed by atoms with Gasteiger partial charge < -0.3 is 10.6 Å². The van der Waals surface area contributed by atoms with Crippen molar-refractivity contribution in [1.82, 2.24) is 15.2 Å². The van der Waals surface area contributed by atoms with Crippen molar-refractivity contribution in [2.75, 3.05) is 25.5 Å². The Kier molecular flexibility index (Phi) is 9.50. The van der Waals surface area contributed by atoms with Crippen molar-refractivity contribution in [1.29, 1.82) is 0 Å². The fraction of sp³-hybridized carbons (Fsp3) is 0.714. The summed E-state index contributed by atoms with van der Waals surface area (Å²) in [6, 6.07) is 0.374. The van der Waals surface area contributed by atoms with Crippen LogP contribution >= 0.6 is 36.2 Å². The van der Waals surface area contributed by atoms with Crippen molar-refractivity contribution in [3.63, 3.8) is 0 Å². The molecule has 2 atom stereocenters. The maximum absolute atomic E-state index is 12.3. The molecule has 1 amide bonds.